The maximum Gasteiger partial charge on any atom is 0.234 e. The number of aryl methyl sites for hydroxylation is 1. The first-order chi connectivity index (χ1) is 9.06. The number of benzene rings is 1. The van der Waals surface area contributed by atoms with Crippen molar-refractivity contribution in [1.82, 2.24) is 9.88 Å². The first-order valence-electron chi connectivity index (χ1n) is 6.24. The molecule has 0 aliphatic carbocycles. The van der Waals surface area contributed by atoms with Crippen LogP contribution in [0.3, 0.4) is 0 Å². The maximum atomic E-state index is 12.0. The van der Waals surface area contributed by atoms with E-state index in [-0.39, 0.29) is 17.7 Å². The normalized spacial score (nSPS) is 19.7. The van der Waals surface area contributed by atoms with Crippen LogP contribution in [-0.2, 0) is 16.6 Å². The lowest BCUT2D eigenvalue weighted by Gasteiger charge is -2.22. The van der Waals surface area contributed by atoms with Gasteiger partial charge >= 0.3 is 0 Å². The zero-order valence-corrected chi connectivity index (χ0v) is 10.6. The zero-order chi connectivity index (χ0) is 13.6. The molecule has 1 unspecified atom stereocenters. The van der Waals surface area contributed by atoms with Gasteiger partial charge in [0.05, 0.1) is 11.4 Å². The Balaban J connectivity index is 2.16. The fourth-order valence-corrected chi connectivity index (χ4v) is 2.76. The molecular formula is C14H15N3O2. The van der Waals surface area contributed by atoms with Gasteiger partial charge < -0.3 is 10.3 Å². The Morgan fingerprint density at radius 1 is 1.37 bits per heavy atom. The second kappa shape index (κ2) is 4.12. The fraction of sp³-hybridized carbons (Fsp3) is 0.286. The van der Waals surface area contributed by atoms with Crippen molar-refractivity contribution in [3.05, 3.63) is 30.0 Å². The SMILES string of the molecule is Cn1ccc2cc(N)cc(C3CCC(=O)NC3=O)c21. The van der Waals surface area contributed by atoms with Crippen molar-refractivity contribution in [2.24, 2.45) is 7.05 Å². The first kappa shape index (κ1) is 11.8. The number of hydrogen-bond acceptors (Lipinski definition) is 3. The molecule has 2 aromatic rings. The summed E-state index contributed by atoms with van der Waals surface area (Å²) in [6.07, 6.45) is 2.85. The molecule has 0 radical (unpaired) electrons. The summed E-state index contributed by atoms with van der Waals surface area (Å²) in [4.78, 5) is 23.2. The molecule has 3 N–H and O–H groups in total. The van der Waals surface area contributed by atoms with Crippen molar-refractivity contribution in [2.75, 3.05) is 5.73 Å². The van der Waals surface area contributed by atoms with Gasteiger partial charge in [0.2, 0.25) is 11.8 Å². The van der Waals surface area contributed by atoms with E-state index in [4.69, 9.17) is 5.73 Å². The van der Waals surface area contributed by atoms with Gasteiger partial charge in [0.25, 0.3) is 0 Å². The number of imide groups is 1. The minimum Gasteiger partial charge on any atom is -0.399 e. The Kier molecular flexibility index (Phi) is 2.55. The summed E-state index contributed by atoms with van der Waals surface area (Å²) in [5.74, 6) is -0.741. The van der Waals surface area contributed by atoms with Crippen LogP contribution in [0.1, 0.15) is 24.3 Å². The fourth-order valence-electron chi connectivity index (χ4n) is 2.76. The van der Waals surface area contributed by atoms with E-state index in [0.29, 0.717) is 18.5 Å². The molecule has 1 aliphatic rings. The molecule has 1 aliphatic heterocycles. The lowest BCUT2D eigenvalue weighted by atomic mass is 9.89. The predicted molar refractivity (Wildman–Crippen MR) is 72.5 cm³/mol. The van der Waals surface area contributed by atoms with Crippen molar-refractivity contribution in [1.29, 1.82) is 0 Å². The summed E-state index contributed by atoms with van der Waals surface area (Å²) < 4.78 is 1.98. The number of nitrogens with zero attached hydrogens (tertiary/aromatic N) is 1. The Bertz CT molecular complexity index is 687. The summed E-state index contributed by atoms with van der Waals surface area (Å²) in [6, 6.07) is 5.70. The topological polar surface area (TPSA) is 77.1 Å². The predicted octanol–water partition coefficient (Wildman–Crippen LogP) is 1.28. The van der Waals surface area contributed by atoms with Crippen LogP contribution in [-0.4, -0.2) is 16.4 Å². The van der Waals surface area contributed by atoms with Crippen LogP contribution in [0.25, 0.3) is 10.9 Å². The maximum absolute atomic E-state index is 12.0. The van der Waals surface area contributed by atoms with E-state index in [1.54, 1.807) is 0 Å². The number of rotatable bonds is 1. The van der Waals surface area contributed by atoms with E-state index in [2.05, 4.69) is 5.32 Å². The lowest BCUT2D eigenvalue weighted by molar-refractivity contribution is -0.134. The van der Waals surface area contributed by atoms with Crippen LogP contribution in [0.2, 0.25) is 0 Å². The first-order valence-corrected chi connectivity index (χ1v) is 6.24. The molecule has 3 rings (SSSR count). The number of amides is 2. The quantitative estimate of drug-likeness (QED) is 0.597. The van der Waals surface area contributed by atoms with Gasteiger partial charge in [0, 0.05) is 30.7 Å². The Labute approximate surface area is 110 Å². The van der Waals surface area contributed by atoms with Gasteiger partial charge in [0.15, 0.2) is 0 Å². The average Bonchev–Trinajstić information content (AvgIpc) is 2.70. The van der Waals surface area contributed by atoms with Gasteiger partial charge in [-0.1, -0.05) is 0 Å². The van der Waals surface area contributed by atoms with Crippen LogP contribution in [0, 0.1) is 0 Å². The third kappa shape index (κ3) is 1.87. The van der Waals surface area contributed by atoms with Crippen LogP contribution in [0.4, 0.5) is 5.69 Å². The number of nitrogens with one attached hydrogen (secondary N) is 1. The molecule has 0 saturated carbocycles. The number of piperidine rings is 1. The highest BCUT2D eigenvalue weighted by Gasteiger charge is 2.30. The average molecular weight is 257 g/mol. The van der Waals surface area contributed by atoms with Gasteiger partial charge in [-0.05, 0) is 30.2 Å². The smallest absolute Gasteiger partial charge is 0.234 e. The molecule has 5 heteroatoms. The number of aromatic nitrogens is 1. The zero-order valence-electron chi connectivity index (χ0n) is 10.6. The van der Waals surface area contributed by atoms with Crippen LogP contribution in [0.15, 0.2) is 24.4 Å². The summed E-state index contributed by atoms with van der Waals surface area (Å²) in [5.41, 5.74) is 8.44. The summed E-state index contributed by atoms with van der Waals surface area (Å²) >= 11 is 0. The van der Waals surface area contributed by atoms with Gasteiger partial charge in [-0.3, -0.25) is 14.9 Å². The molecule has 98 valence electrons. The Morgan fingerprint density at radius 3 is 2.89 bits per heavy atom. The molecule has 2 heterocycles. The molecule has 19 heavy (non-hydrogen) atoms. The second-order valence-corrected chi connectivity index (χ2v) is 4.98. The van der Waals surface area contributed by atoms with Crippen LogP contribution in [0.5, 0.6) is 0 Å². The van der Waals surface area contributed by atoms with Crippen molar-refractivity contribution in [2.45, 2.75) is 18.8 Å². The Morgan fingerprint density at radius 2 is 2.16 bits per heavy atom. The molecule has 0 spiro atoms. The van der Waals surface area contributed by atoms with Crippen LogP contribution >= 0.6 is 0 Å². The van der Waals surface area contributed by atoms with E-state index in [9.17, 15) is 9.59 Å². The van der Waals surface area contributed by atoms with Gasteiger partial charge in [0.1, 0.15) is 0 Å². The number of nitrogen functional groups attached to an aromatic ring is 1. The molecule has 1 saturated heterocycles. The third-order valence-corrected chi connectivity index (χ3v) is 3.64. The number of nitrogens with two attached hydrogens (primary N) is 1. The third-order valence-electron chi connectivity index (χ3n) is 3.64. The molecule has 0 bridgehead atoms. The van der Waals surface area contributed by atoms with Crippen molar-refractivity contribution in [3.8, 4) is 0 Å². The largest absolute Gasteiger partial charge is 0.399 e. The van der Waals surface area contributed by atoms with Crippen molar-refractivity contribution in [3.63, 3.8) is 0 Å². The van der Waals surface area contributed by atoms with Crippen molar-refractivity contribution >= 4 is 28.4 Å². The highest BCUT2D eigenvalue weighted by atomic mass is 16.2. The van der Waals surface area contributed by atoms with E-state index in [1.165, 1.54) is 0 Å². The number of carbonyl (C=O) groups excluding carboxylic acids is 2. The van der Waals surface area contributed by atoms with E-state index in [1.807, 2.05) is 36.0 Å². The summed E-state index contributed by atoms with van der Waals surface area (Å²) in [6.45, 7) is 0. The number of anilines is 1. The number of fused-ring (bicyclic) bond motifs is 1. The van der Waals surface area contributed by atoms with E-state index >= 15 is 0 Å². The molecule has 2 amide bonds. The molecular weight excluding hydrogens is 242 g/mol. The summed E-state index contributed by atoms with van der Waals surface area (Å²) in [7, 11) is 1.94. The lowest BCUT2D eigenvalue weighted by Crippen LogP contribution is -2.39. The van der Waals surface area contributed by atoms with Gasteiger partial charge in [-0.15, -0.1) is 0 Å². The molecule has 1 fully saturated rings. The minimum atomic E-state index is -0.308. The number of hydrogen-bond donors (Lipinski definition) is 2. The number of carbonyl (C=O) groups is 2. The molecule has 1 aromatic heterocycles. The van der Waals surface area contributed by atoms with Crippen molar-refractivity contribution < 1.29 is 9.59 Å². The standard InChI is InChI=1S/C14H15N3O2/c1-17-5-4-8-6-9(15)7-11(13(8)17)10-2-3-12(18)16-14(10)19/h4-7,10H,2-3,15H2,1H3,(H,16,18,19). The second-order valence-electron chi connectivity index (χ2n) is 4.98. The van der Waals surface area contributed by atoms with Gasteiger partial charge in [-0.2, -0.15) is 0 Å². The van der Waals surface area contributed by atoms with E-state index in [0.717, 1.165) is 16.5 Å². The minimum absolute atomic E-state index is 0.201. The summed E-state index contributed by atoms with van der Waals surface area (Å²) in [5, 5.41) is 3.41. The monoisotopic (exact) mass is 257 g/mol. The van der Waals surface area contributed by atoms with Crippen LogP contribution < -0.4 is 11.1 Å². The molecule has 1 atom stereocenters. The Hall–Kier alpha value is -2.30. The molecule has 1 aromatic carbocycles. The highest BCUT2D eigenvalue weighted by molar-refractivity contribution is 6.03. The molecule has 5 nitrogen and oxygen atoms in total. The highest BCUT2D eigenvalue weighted by Crippen LogP contribution is 2.33. The van der Waals surface area contributed by atoms with Gasteiger partial charge in [-0.25, -0.2) is 0 Å². The van der Waals surface area contributed by atoms with E-state index < -0.39 is 0 Å².